The Morgan fingerprint density at radius 2 is 2.15 bits per heavy atom. The molecule has 2 aliphatic heterocycles. The number of nitrogens with zero attached hydrogens (tertiary/aromatic N) is 2. The average molecular weight is 377 g/mol. The molecule has 1 fully saturated rings. The van der Waals surface area contributed by atoms with Gasteiger partial charge in [-0.15, -0.1) is 0 Å². The molecule has 2 aliphatic rings. The van der Waals surface area contributed by atoms with Crippen LogP contribution in [-0.4, -0.2) is 42.7 Å². The van der Waals surface area contributed by atoms with Crippen LogP contribution in [-0.2, 0) is 17.7 Å². The highest BCUT2D eigenvalue weighted by atomic mass is 35.5. The summed E-state index contributed by atoms with van der Waals surface area (Å²) in [6.07, 6.45) is 2.53. The molecule has 2 aromatic rings. The Bertz CT molecular complexity index is 814. The molecule has 0 spiro atoms. The first-order chi connectivity index (χ1) is 12.7. The molecular formula is C19H21ClN2O4. The Kier molecular flexibility index (Phi) is 4.87. The highest BCUT2D eigenvalue weighted by Gasteiger charge is 2.30. The quantitative estimate of drug-likeness (QED) is 0.821. The largest absolute Gasteiger partial charge is 0.496 e. The first-order valence-electron chi connectivity index (χ1n) is 8.84. The van der Waals surface area contributed by atoms with Crippen LogP contribution in [0.3, 0.4) is 0 Å². The van der Waals surface area contributed by atoms with Crippen LogP contribution in [0.2, 0.25) is 5.02 Å². The van der Waals surface area contributed by atoms with Crippen LogP contribution in [0.5, 0.6) is 5.75 Å². The van der Waals surface area contributed by atoms with Gasteiger partial charge >= 0.3 is 0 Å². The topological polar surface area (TPSA) is 64.8 Å². The summed E-state index contributed by atoms with van der Waals surface area (Å²) in [7, 11) is 1.55. The third kappa shape index (κ3) is 3.31. The van der Waals surface area contributed by atoms with Crippen molar-refractivity contribution in [1.82, 2.24) is 9.88 Å². The molecule has 3 heterocycles. The van der Waals surface area contributed by atoms with E-state index in [0.29, 0.717) is 41.8 Å². The van der Waals surface area contributed by atoms with Crippen molar-refractivity contribution in [3.8, 4) is 5.75 Å². The van der Waals surface area contributed by atoms with Crippen LogP contribution in [0, 0.1) is 0 Å². The van der Waals surface area contributed by atoms with Crippen LogP contribution in [0.25, 0.3) is 0 Å². The Hall–Kier alpha value is -2.05. The fourth-order valence-corrected chi connectivity index (χ4v) is 3.70. The van der Waals surface area contributed by atoms with Gasteiger partial charge in [-0.2, -0.15) is 0 Å². The molecule has 0 saturated carbocycles. The van der Waals surface area contributed by atoms with Crippen molar-refractivity contribution >= 4 is 17.5 Å². The highest BCUT2D eigenvalue weighted by Crippen LogP contribution is 2.31. The molecule has 0 atom stereocenters. The fourth-order valence-electron chi connectivity index (χ4n) is 3.53. The van der Waals surface area contributed by atoms with Crippen molar-refractivity contribution in [2.45, 2.75) is 31.7 Å². The standard InChI is InChI=1S/C19H21ClN2O4/c1-24-16-3-2-13(20)10-14(16)19(23)22-7-4-17-15(11-22)21-18(26-17)12-5-8-25-9-6-12/h2-3,10,12H,4-9,11H2,1H3. The lowest BCUT2D eigenvalue weighted by Crippen LogP contribution is -2.36. The smallest absolute Gasteiger partial charge is 0.258 e. The third-order valence-electron chi connectivity index (χ3n) is 4.99. The predicted octanol–water partition coefficient (Wildman–Crippen LogP) is 3.43. The SMILES string of the molecule is COc1ccc(Cl)cc1C(=O)N1CCc2oc(C3CCOCC3)nc2C1. The number of ether oxygens (including phenoxy) is 2. The Balaban J connectivity index is 1.54. The van der Waals surface area contributed by atoms with E-state index in [0.717, 1.165) is 43.4 Å². The van der Waals surface area contributed by atoms with Crippen LogP contribution >= 0.6 is 11.6 Å². The maximum atomic E-state index is 13.0. The maximum absolute atomic E-state index is 13.0. The molecule has 7 heteroatoms. The minimum absolute atomic E-state index is 0.106. The third-order valence-corrected chi connectivity index (χ3v) is 5.23. The summed E-state index contributed by atoms with van der Waals surface area (Å²) in [4.78, 5) is 19.4. The van der Waals surface area contributed by atoms with E-state index >= 15 is 0 Å². The van der Waals surface area contributed by atoms with Crippen molar-refractivity contribution in [1.29, 1.82) is 0 Å². The molecule has 0 N–H and O–H groups in total. The summed E-state index contributed by atoms with van der Waals surface area (Å²) in [6.45, 7) is 2.52. The fraction of sp³-hybridized carbons (Fsp3) is 0.474. The highest BCUT2D eigenvalue weighted by molar-refractivity contribution is 6.31. The van der Waals surface area contributed by atoms with Gasteiger partial charge in [0.05, 0.1) is 19.2 Å². The van der Waals surface area contributed by atoms with Crippen LogP contribution < -0.4 is 4.74 Å². The minimum atomic E-state index is -0.106. The summed E-state index contributed by atoms with van der Waals surface area (Å²) >= 11 is 6.06. The molecule has 4 rings (SSSR count). The zero-order valence-corrected chi connectivity index (χ0v) is 15.4. The van der Waals surface area contributed by atoms with Crippen molar-refractivity contribution < 1.29 is 18.7 Å². The van der Waals surface area contributed by atoms with Gasteiger partial charge in [0.1, 0.15) is 17.2 Å². The van der Waals surface area contributed by atoms with Crippen molar-refractivity contribution in [2.24, 2.45) is 0 Å². The van der Waals surface area contributed by atoms with Gasteiger partial charge in [0.15, 0.2) is 5.89 Å². The number of rotatable bonds is 3. The van der Waals surface area contributed by atoms with Gasteiger partial charge < -0.3 is 18.8 Å². The zero-order chi connectivity index (χ0) is 18.1. The van der Waals surface area contributed by atoms with Crippen molar-refractivity contribution in [3.63, 3.8) is 0 Å². The molecule has 0 unspecified atom stereocenters. The van der Waals surface area contributed by atoms with E-state index in [1.54, 1.807) is 30.2 Å². The van der Waals surface area contributed by atoms with Gasteiger partial charge in [0, 0.05) is 37.1 Å². The Labute approximate surface area is 157 Å². The van der Waals surface area contributed by atoms with Crippen LogP contribution in [0.1, 0.15) is 46.5 Å². The maximum Gasteiger partial charge on any atom is 0.258 e. The lowest BCUT2D eigenvalue weighted by Gasteiger charge is -2.26. The number of fused-ring (bicyclic) bond motifs is 1. The second kappa shape index (κ2) is 7.29. The minimum Gasteiger partial charge on any atom is -0.496 e. The molecule has 0 aliphatic carbocycles. The second-order valence-corrected chi connectivity index (χ2v) is 7.07. The van der Waals surface area contributed by atoms with E-state index in [-0.39, 0.29) is 5.91 Å². The van der Waals surface area contributed by atoms with Crippen molar-refractivity contribution in [2.75, 3.05) is 26.9 Å². The van der Waals surface area contributed by atoms with Gasteiger partial charge in [0.25, 0.3) is 5.91 Å². The lowest BCUT2D eigenvalue weighted by molar-refractivity contribution is 0.0722. The number of amides is 1. The first kappa shape index (κ1) is 17.4. The molecule has 1 amide bonds. The molecule has 1 saturated heterocycles. The second-order valence-electron chi connectivity index (χ2n) is 6.63. The Morgan fingerprint density at radius 1 is 1.35 bits per heavy atom. The number of hydrogen-bond donors (Lipinski definition) is 0. The molecule has 1 aromatic carbocycles. The Morgan fingerprint density at radius 3 is 2.92 bits per heavy atom. The van der Waals surface area contributed by atoms with Gasteiger partial charge in [-0.25, -0.2) is 4.98 Å². The van der Waals surface area contributed by atoms with E-state index in [2.05, 4.69) is 4.98 Å². The van der Waals surface area contributed by atoms with Gasteiger partial charge in [-0.3, -0.25) is 4.79 Å². The lowest BCUT2D eigenvalue weighted by atomic mass is 10.0. The number of hydrogen-bond acceptors (Lipinski definition) is 5. The first-order valence-corrected chi connectivity index (χ1v) is 9.22. The van der Waals surface area contributed by atoms with Gasteiger partial charge in [-0.05, 0) is 31.0 Å². The van der Waals surface area contributed by atoms with Crippen molar-refractivity contribution in [3.05, 3.63) is 46.1 Å². The molecular weight excluding hydrogens is 356 g/mol. The number of halogens is 1. The summed E-state index contributed by atoms with van der Waals surface area (Å²) < 4.78 is 16.7. The molecule has 0 bridgehead atoms. The predicted molar refractivity (Wildman–Crippen MR) is 95.7 cm³/mol. The number of carbonyl (C=O) groups excluding carboxylic acids is 1. The molecule has 0 radical (unpaired) electrons. The summed E-state index contributed by atoms with van der Waals surface area (Å²) in [6, 6.07) is 5.07. The van der Waals surface area contributed by atoms with Crippen LogP contribution in [0.4, 0.5) is 0 Å². The average Bonchev–Trinajstić information content (AvgIpc) is 3.11. The number of oxazole rings is 1. The summed E-state index contributed by atoms with van der Waals surface area (Å²) in [5, 5.41) is 0.509. The molecule has 138 valence electrons. The van der Waals surface area contributed by atoms with E-state index in [9.17, 15) is 4.79 Å². The van der Waals surface area contributed by atoms with E-state index in [1.807, 2.05) is 0 Å². The number of methoxy groups -OCH3 is 1. The number of benzene rings is 1. The summed E-state index contributed by atoms with van der Waals surface area (Å²) in [5.41, 5.74) is 1.32. The monoisotopic (exact) mass is 376 g/mol. The summed E-state index contributed by atoms with van der Waals surface area (Å²) in [5.74, 6) is 2.41. The van der Waals surface area contributed by atoms with Gasteiger partial charge in [0.2, 0.25) is 0 Å². The van der Waals surface area contributed by atoms with E-state index in [1.165, 1.54) is 0 Å². The number of aromatic nitrogens is 1. The van der Waals surface area contributed by atoms with E-state index in [4.69, 9.17) is 25.5 Å². The molecule has 6 nitrogen and oxygen atoms in total. The zero-order valence-electron chi connectivity index (χ0n) is 14.7. The molecule has 1 aromatic heterocycles. The molecule has 26 heavy (non-hydrogen) atoms. The van der Waals surface area contributed by atoms with Crippen LogP contribution in [0.15, 0.2) is 22.6 Å². The van der Waals surface area contributed by atoms with Gasteiger partial charge in [-0.1, -0.05) is 11.6 Å². The number of carbonyl (C=O) groups is 1. The van der Waals surface area contributed by atoms with E-state index < -0.39 is 0 Å². The normalized spacial score (nSPS) is 17.8.